The fraction of sp³-hybridized carbons (Fsp3) is 0.143. The van der Waals surface area contributed by atoms with Gasteiger partial charge in [0.25, 0.3) is 10.0 Å². The highest BCUT2D eigenvalue weighted by Gasteiger charge is 2.31. The molecule has 1 aromatic heterocycles. The van der Waals surface area contributed by atoms with Crippen molar-refractivity contribution in [1.82, 2.24) is 10.0 Å². The van der Waals surface area contributed by atoms with Gasteiger partial charge >= 0.3 is 0 Å². The summed E-state index contributed by atoms with van der Waals surface area (Å²) in [7, 11) is -3.66. The second-order valence-corrected chi connectivity index (χ2v) is 9.67. The van der Waals surface area contributed by atoms with E-state index < -0.39 is 16.1 Å². The van der Waals surface area contributed by atoms with Crippen LogP contribution in [0.1, 0.15) is 29.7 Å². The number of carbonyl (C=O) groups excluding carboxylic acids is 1. The molecule has 1 aliphatic heterocycles. The number of aliphatic imine (C=N–C) groups is 1. The van der Waals surface area contributed by atoms with Crippen LogP contribution in [0.4, 0.5) is 0 Å². The van der Waals surface area contributed by atoms with Crippen molar-refractivity contribution >= 4 is 44.7 Å². The lowest BCUT2D eigenvalue weighted by atomic mass is 10.0. The van der Waals surface area contributed by atoms with Gasteiger partial charge in [-0.25, -0.2) is 8.42 Å². The number of hydrogen-bond acceptors (Lipinski definition) is 5. The van der Waals surface area contributed by atoms with E-state index in [1.807, 2.05) is 29.0 Å². The first-order valence-corrected chi connectivity index (χ1v) is 11.9. The molecule has 4 rings (SSSR count). The van der Waals surface area contributed by atoms with Gasteiger partial charge in [-0.1, -0.05) is 35.9 Å². The lowest BCUT2D eigenvalue weighted by Gasteiger charge is -2.20. The molecule has 1 amide bonds. The molecule has 0 saturated heterocycles. The number of thiophene rings is 1. The third-order valence-electron chi connectivity index (χ3n) is 4.73. The first kappa shape index (κ1) is 20.6. The molecule has 6 nitrogen and oxygen atoms in total. The summed E-state index contributed by atoms with van der Waals surface area (Å²) in [5, 5.41) is 7.54. The van der Waals surface area contributed by atoms with Crippen LogP contribution < -0.4 is 10.0 Å². The minimum atomic E-state index is -3.66. The first-order chi connectivity index (χ1) is 14.3. The number of hydrogen-bond donors (Lipinski definition) is 2. The lowest BCUT2D eigenvalue weighted by molar-refractivity contribution is -0.122. The Kier molecular flexibility index (Phi) is 5.64. The fourth-order valence-electron chi connectivity index (χ4n) is 3.20. The van der Waals surface area contributed by atoms with Crippen LogP contribution in [0, 0.1) is 0 Å². The summed E-state index contributed by atoms with van der Waals surface area (Å²) < 4.78 is 26.9. The monoisotopic (exact) mass is 459 g/mol. The minimum Gasteiger partial charge on any atom is -0.343 e. The molecule has 0 radical (unpaired) electrons. The number of amides is 1. The van der Waals surface area contributed by atoms with Crippen LogP contribution in [0.15, 0.2) is 75.2 Å². The molecule has 1 unspecified atom stereocenters. The van der Waals surface area contributed by atoms with Crippen molar-refractivity contribution < 1.29 is 13.2 Å². The van der Waals surface area contributed by atoms with Crippen molar-refractivity contribution in [2.75, 3.05) is 0 Å². The maximum absolute atomic E-state index is 12.9. The number of nitrogens with one attached hydrogen (secondary N) is 2. The third kappa shape index (κ3) is 4.12. The molecule has 30 heavy (non-hydrogen) atoms. The molecular weight excluding hydrogens is 442 g/mol. The van der Waals surface area contributed by atoms with Gasteiger partial charge in [0.2, 0.25) is 5.91 Å². The van der Waals surface area contributed by atoms with E-state index in [0.717, 1.165) is 11.1 Å². The quantitative estimate of drug-likeness (QED) is 0.609. The number of benzene rings is 2. The van der Waals surface area contributed by atoms with Gasteiger partial charge in [-0.3, -0.25) is 14.5 Å². The van der Waals surface area contributed by atoms with E-state index in [9.17, 15) is 13.2 Å². The average Bonchev–Trinajstić information content (AvgIpc) is 3.34. The number of sulfonamides is 1. The normalized spacial score (nSPS) is 17.7. The summed E-state index contributed by atoms with van der Waals surface area (Å²) in [4.78, 5) is 17.4. The predicted molar refractivity (Wildman–Crippen MR) is 119 cm³/mol. The van der Waals surface area contributed by atoms with E-state index >= 15 is 0 Å². The van der Waals surface area contributed by atoms with Gasteiger partial charge in [0.15, 0.2) is 0 Å². The molecule has 0 aliphatic carbocycles. The molecule has 9 heteroatoms. The highest BCUT2D eigenvalue weighted by molar-refractivity contribution is 7.90. The highest BCUT2D eigenvalue weighted by Crippen LogP contribution is 2.26. The maximum Gasteiger partial charge on any atom is 0.263 e. The first-order valence-electron chi connectivity index (χ1n) is 9.13. The van der Waals surface area contributed by atoms with Crippen molar-refractivity contribution in [2.45, 2.75) is 23.9 Å². The van der Waals surface area contributed by atoms with E-state index in [-0.39, 0.29) is 22.7 Å². The standard InChI is InChI=1S/C21H18ClN3O3S2/c1-13(23-20-17-4-2-3-5-18(17)30(27,28)25-20)21(26)24-19(15-10-11-29-12-15)14-6-8-16(22)9-7-14/h2-13,19H,1H3,(H,23,25)(H,24,26)/t13-,19?/m0/s1. The lowest BCUT2D eigenvalue weighted by Crippen LogP contribution is -2.36. The average molecular weight is 460 g/mol. The summed E-state index contributed by atoms with van der Waals surface area (Å²) in [6.07, 6.45) is 0. The number of rotatable bonds is 5. The summed E-state index contributed by atoms with van der Waals surface area (Å²) in [5.74, 6) is -0.149. The molecule has 0 fully saturated rings. The Morgan fingerprint density at radius 2 is 1.83 bits per heavy atom. The van der Waals surface area contributed by atoms with Crippen LogP contribution >= 0.6 is 22.9 Å². The predicted octanol–water partition coefficient (Wildman–Crippen LogP) is 3.73. The number of carbonyl (C=O) groups is 1. The van der Waals surface area contributed by atoms with Gasteiger partial charge in [0.1, 0.15) is 11.9 Å². The van der Waals surface area contributed by atoms with Gasteiger partial charge in [0, 0.05) is 10.6 Å². The molecule has 3 aromatic rings. The topological polar surface area (TPSA) is 87.6 Å². The zero-order valence-electron chi connectivity index (χ0n) is 15.9. The van der Waals surface area contributed by atoms with Crippen molar-refractivity contribution in [2.24, 2.45) is 4.99 Å². The van der Waals surface area contributed by atoms with Crippen LogP contribution in [0.5, 0.6) is 0 Å². The molecule has 0 spiro atoms. The molecule has 154 valence electrons. The van der Waals surface area contributed by atoms with Crippen LogP contribution in [0.25, 0.3) is 0 Å². The number of fused-ring (bicyclic) bond motifs is 1. The Morgan fingerprint density at radius 3 is 2.53 bits per heavy atom. The van der Waals surface area contributed by atoms with Gasteiger partial charge in [-0.15, -0.1) is 0 Å². The molecule has 2 heterocycles. The summed E-state index contributed by atoms with van der Waals surface area (Å²) >= 11 is 7.54. The number of halogens is 1. The Balaban J connectivity index is 1.59. The summed E-state index contributed by atoms with van der Waals surface area (Å²) in [6, 6.07) is 14.6. The van der Waals surface area contributed by atoms with Crippen LogP contribution in [0.3, 0.4) is 0 Å². The maximum atomic E-state index is 12.9. The largest absolute Gasteiger partial charge is 0.343 e. The molecule has 2 aromatic carbocycles. The SMILES string of the molecule is C[C@H](N=C1NS(=O)(=O)c2ccccc21)C(=O)NC(c1ccc(Cl)cc1)c1ccsc1. The Labute approximate surface area is 183 Å². The minimum absolute atomic E-state index is 0.161. The van der Waals surface area contributed by atoms with Crippen molar-refractivity contribution in [3.05, 3.63) is 87.1 Å². The molecule has 0 bridgehead atoms. The van der Waals surface area contributed by atoms with Crippen LogP contribution in [-0.4, -0.2) is 26.2 Å². The van der Waals surface area contributed by atoms with Crippen LogP contribution in [0.2, 0.25) is 5.02 Å². The molecule has 1 aliphatic rings. The second-order valence-electron chi connectivity index (χ2n) is 6.81. The van der Waals surface area contributed by atoms with Gasteiger partial charge < -0.3 is 5.32 Å². The summed E-state index contributed by atoms with van der Waals surface area (Å²) in [6.45, 7) is 1.63. The second kappa shape index (κ2) is 8.22. The van der Waals surface area contributed by atoms with E-state index in [4.69, 9.17) is 11.6 Å². The number of nitrogens with zero attached hydrogens (tertiary/aromatic N) is 1. The molecule has 0 saturated carbocycles. The van der Waals surface area contributed by atoms with Crippen molar-refractivity contribution in [3.8, 4) is 0 Å². The molecular formula is C21H18ClN3O3S2. The van der Waals surface area contributed by atoms with E-state index in [0.29, 0.717) is 10.6 Å². The highest BCUT2D eigenvalue weighted by atomic mass is 35.5. The van der Waals surface area contributed by atoms with Crippen molar-refractivity contribution in [3.63, 3.8) is 0 Å². The van der Waals surface area contributed by atoms with Crippen LogP contribution in [-0.2, 0) is 14.8 Å². The molecule has 2 N–H and O–H groups in total. The zero-order chi connectivity index (χ0) is 21.3. The Morgan fingerprint density at radius 1 is 1.10 bits per heavy atom. The molecule has 2 atom stereocenters. The van der Waals surface area contributed by atoms with E-state index in [1.165, 1.54) is 17.4 Å². The van der Waals surface area contributed by atoms with Crippen molar-refractivity contribution in [1.29, 1.82) is 0 Å². The Hall–Kier alpha value is -2.68. The smallest absolute Gasteiger partial charge is 0.263 e. The van der Waals surface area contributed by atoms with E-state index in [2.05, 4.69) is 15.0 Å². The van der Waals surface area contributed by atoms with Gasteiger partial charge in [-0.2, -0.15) is 11.3 Å². The zero-order valence-corrected chi connectivity index (χ0v) is 18.3. The third-order valence-corrected chi connectivity index (χ3v) is 7.08. The Bertz CT molecular complexity index is 1210. The summed E-state index contributed by atoms with van der Waals surface area (Å²) in [5.41, 5.74) is 2.30. The van der Waals surface area contributed by atoms with E-state index in [1.54, 1.807) is 37.3 Å². The van der Waals surface area contributed by atoms with Gasteiger partial charge in [-0.05, 0) is 59.1 Å². The fourth-order valence-corrected chi connectivity index (χ4v) is 5.25. The number of amidine groups is 1. The van der Waals surface area contributed by atoms with Gasteiger partial charge in [0.05, 0.1) is 10.9 Å².